The van der Waals surface area contributed by atoms with Gasteiger partial charge in [0.2, 0.25) is 0 Å². The van der Waals surface area contributed by atoms with E-state index in [1.165, 1.54) is 7.11 Å². The predicted octanol–water partition coefficient (Wildman–Crippen LogP) is 1.16. The van der Waals surface area contributed by atoms with Gasteiger partial charge < -0.3 is 4.74 Å². The van der Waals surface area contributed by atoms with Crippen molar-refractivity contribution < 1.29 is 9.53 Å². The first-order valence-corrected chi connectivity index (χ1v) is 3.59. The second-order valence-corrected chi connectivity index (χ2v) is 3.03. The Labute approximate surface area is 65.6 Å². The molecule has 0 aromatic rings. The van der Waals surface area contributed by atoms with Gasteiger partial charge in [0.25, 0.3) is 0 Å². The van der Waals surface area contributed by atoms with Crippen LogP contribution in [0.4, 0.5) is 0 Å². The van der Waals surface area contributed by atoms with Crippen LogP contribution >= 0.6 is 0 Å². The number of azo groups is 1. The summed E-state index contributed by atoms with van der Waals surface area (Å²) in [6.45, 7) is 3.67. The highest BCUT2D eigenvalue weighted by Crippen LogP contribution is 2.27. The highest BCUT2D eigenvalue weighted by Gasteiger charge is 2.39. The zero-order valence-electron chi connectivity index (χ0n) is 7.00. The second-order valence-electron chi connectivity index (χ2n) is 3.03. The Morgan fingerprint density at radius 3 is 2.73 bits per heavy atom. The van der Waals surface area contributed by atoms with Gasteiger partial charge >= 0.3 is 5.97 Å². The molecule has 0 aromatic heterocycles. The van der Waals surface area contributed by atoms with Crippen molar-refractivity contribution >= 4 is 5.97 Å². The number of ether oxygens (including phenoxy) is 1. The lowest BCUT2D eigenvalue weighted by molar-refractivity contribution is -0.146. The largest absolute Gasteiger partial charge is 0.467 e. The van der Waals surface area contributed by atoms with Gasteiger partial charge in [0, 0.05) is 6.42 Å². The van der Waals surface area contributed by atoms with Crippen molar-refractivity contribution in [2.75, 3.05) is 7.11 Å². The van der Waals surface area contributed by atoms with Crippen LogP contribution < -0.4 is 0 Å². The fourth-order valence-corrected chi connectivity index (χ4v) is 1.23. The molecule has 0 N–H and O–H groups in total. The summed E-state index contributed by atoms with van der Waals surface area (Å²) in [6, 6.07) is 0.138. The van der Waals surface area contributed by atoms with E-state index in [0.717, 1.165) is 0 Å². The van der Waals surface area contributed by atoms with Crippen LogP contribution in [0.15, 0.2) is 10.2 Å². The Morgan fingerprint density at radius 2 is 2.36 bits per heavy atom. The SMILES string of the molecule is COC(=O)[C@]1(C)C[C@@H](C)N=N1. The third-order valence-electron chi connectivity index (χ3n) is 1.79. The van der Waals surface area contributed by atoms with Crippen LogP contribution in [-0.2, 0) is 9.53 Å². The van der Waals surface area contributed by atoms with Crippen molar-refractivity contribution in [1.29, 1.82) is 0 Å². The molecular weight excluding hydrogens is 144 g/mol. The fraction of sp³-hybridized carbons (Fsp3) is 0.857. The standard InChI is InChI=1S/C7H12N2O2/c1-5-4-7(2,9-8-5)6(10)11-3/h5H,4H2,1-3H3/t5-,7+/m1/s1. The first kappa shape index (κ1) is 8.17. The molecule has 0 aromatic carbocycles. The fourth-order valence-electron chi connectivity index (χ4n) is 1.23. The van der Waals surface area contributed by atoms with E-state index in [1.807, 2.05) is 6.92 Å². The van der Waals surface area contributed by atoms with E-state index in [-0.39, 0.29) is 12.0 Å². The molecule has 0 fully saturated rings. The molecule has 0 saturated carbocycles. The molecule has 0 saturated heterocycles. The molecule has 0 radical (unpaired) electrons. The van der Waals surface area contributed by atoms with E-state index in [1.54, 1.807) is 6.92 Å². The number of methoxy groups -OCH3 is 1. The Morgan fingerprint density at radius 1 is 1.73 bits per heavy atom. The van der Waals surface area contributed by atoms with Gasteiger partial charge in [0.05, 0.1) is 13.2 Å². The summed E-state index contributed by atoms with van der Waals surface area (Å²) in [5, 5.41) is 7.75. The van der Waals surface area contributed by atoms with E-state index in [9.17, 15) is 4.79 Å². The number of esters is 1. The molecule has 1 heterocycles. The Kier molecular flexibility index (Phi) is 1.93. The summed E-state index contributed by atoms with van der Waals surface area (Å²) >= 11 is 0. The number of rotatable bonds is 1. The number of hydrogen-bond donors (Lipinski definition) is 0. The second kappa shape index (κ2) is 2.60. The molecule has 2 atom stereocenters. The Bertz CT molecular complexity index is 203. The number of nitrogens with zero attached hydrogens (tertiary/aromatic N) is 2. The van der Waals surface area contributed by atoms with Gasteiger partial charge in [-0.1, -0.05) is 0 Å². The third-order valence-corrected chi connectivity index (χ3v) is 1.79. The van der Waals surface area contributed by atoms with Crippen molar-refractivity contribution in [3.8, 4) is 0 Å². The van der Waals surface area contributed by atoms with Crippen molar-refractivity contribution in [2.45, 2.75) is 31.8 Å². The van der Waals surface area contributed by atoms with Crippen LogP contribution in [0.1, 0.15) is 20.3 Å². The van der Waals surface area contributed by atoms with Crippen LogP contribution in [-0.4, -0.2) is 24.7 Å². The van der Waals surface area contributed by atoms with Gasteiger partial charge in [-0.05, 0) is 13.8 Å². The number of carbonyl (C=O) groups excluding carboxylic acids is 1. The molecule has 1 rings (SSSR count). The maximum Gasteiger partial charge on any atom is 0.335 e. The van der Waals surface area contributed by atoms with Gasteiger partial charge in [-0.3, -0.25) is 0 Å². The molecule has 4 nitrogen and oxygen atoms in total. The normalized spacial score (nSPS) is 35.7. The lowest BCUT2D eigenvalue weighted by Gasteiger charge is -2.14. The van der Waals surface area contributed by atoms with Crippen LogP contribution in [0.25, 0.3) is 0 Å². The van der Waals surface area contributed by atoms with Crippen LogP contribution in [0.2, 0.25) is 0 Å². The van der Waals surface area contributed by atoms with E-state index in [2.05, 4.69) is 15.0 Å². The highest BCUT2D eigenvalue weighted by atomic mass is 16.5. The van der Waals surface area contributed by atoms with Gasteiger partial charge in [-0.2, -0.15) is 10.2 Å². The van der Waals surface area contributed by atoms with Gasteiger partial charge in [0.1, 0.15) is 0 Å². The van der Waals surface area contributed by atoms with Crippen molar-refractivity contribution in [2.24, 2.45) is 10.2 Å². The molecule has 0 bridgehead atoms. The quantitative estimate of drug-likeness (QED) is 0.535. The maximum absolute atomic E-state index is 11.1. The summed E-state index contributed by atoms with van der Waals surface area (Å²) in [5.74, 6) is -0.300. The molecule has 62 valence electrons. The summed E-state index contributed by atoms with van der Waals surface area (Å²) in [4.78, 5) is 11.1. The van der Waals surface area contributed by atoms with E-state index < -0.39 is 5.54 Å². The van der Waals surface area contributed by atoms with Gasteiger partial charge in [-0.15, -0.1) is 0 Å². The topological polar surface area (TPSA) is 51.0 Å². The van der Waals surface area contributed by atoms with Crippen molar-refractivity contribution in [3.63, 3.8) is 0 Å². The minimum Gasteiger partial charge on any atom is -0.467 e. The Balaban J connectivity index is 2.71. The smallest absolute Gasteiger partial charge is 0.335 e. The summed E-state index contributed by atoms with van der Waals surface area (Å²) in [6.07, 6.45) is 0.652. The predicted molar refractivity (Wildman–Crippen MR) is 39.4 cm³/mol. The molecular formula is C7H12N2O2. The van der Waals surface area contributed by atoms with Gasteiger partial charge in [-0.25, -0.2) is 4.79 Å². The highest BCUT2D eigenvalue weighted by molar-refractivity contribution is 5.80. The average Bonchev–Trinajstić information content (AvgIpc) is 2.31. The van der Waals surface area contributed by atoms with Crippen LogP contribution in [0.3, 0.4) is 0 Å². The molecule has 1 aliphatic rings. The molecule has 0 aliphatic carbocycles. The zero-order valence-corrected chi connectivity index (χ0v) is 7.00. The van der Waals surface area contributed by atoms with Crippen molar-refractivity contribution in [1.82, 2.24) is 0 Å². The van der Waals surface area contributed by atoms with E-state index >= 15 is 0 Å². The minimum absolute atomic E-state index is 0.138. The molecule has 0 unspecified atom stereocenters. The molecule has 1 aliphatic heterocycles. The molecule has 4 heteroatoms. The average molecular weight is 156 g/mol. The van der Waals surface area contributed by atoms with Crippen LogP contribution in [0.5, 0.6) is 0 Å². The van der Waals surface area contributed by atoms with Crippen LogP contribution in [0, 0.1) is 0 Å². The number of hydrogen-bond acceptors (Lipinski definition) is 4. The molecule has 11 heavy (non-hydrogen) atoms. The third kappa shape index (κ3) is 1.39. The zero-order chi connectivity index (χ0) is 8.48. The van der Waals surface area contributed by atoms with E-state index in [0.29, 0.717) is 6.42 Å². The lowest BCUT2D eigenvalue weighted by Crippen LogP contribution is -2.33. The Hall–Kier alpha value is -0.930. The molecule has 0 spiro atoms. The maximum atomic E-state index is 11.1. The summed E-state index contributed by atoms with van der Waals surface area (Å²) < 4.78 is 4.59. The molecule has 0 amide bonds. The summed E-state index contributed by atoms with van der Waals surface area (Å²) in [5.41, 5.74) is -0.728. The monoisotopic (exact) mass is 156 g/mol. The summed E-state index contributed by atoms with van der Waals surface area (Å²) in [7, 11) is 1.37. The van der Waals surface area contributed by atoms with Crippen molar-refractivity contribution in [3.05, 3.63) is 0 Å². The van der Waals surface area contributed by atoms with E-state index in [4.69, 9.17) is 0 Å². The first-order chi connectivity index (χ1) is 5.08. The van der Waals surface area contributed by atoms with Gasteiger partial charge in [0.15, 0.2) is 5.54 Å². The minimum atomic E-state index is -0.728. The number of carbonyl (C=O) groups is 1. The lowest BCUT2D eigenvalue weighted by atomic mass is 9.97. The first-order valence-electron chi connectivity index (χ1n) is 3.59.